The summed E-state index contributed by atoms with van der Waals surface area (Å²) in [5.41, 5.74) is 0.976. The van der Waals surface area contributed by atoms with E-state index in [9.17, 15) is 4.39 Å². The number of alkyl halides is 1. The molecule has 0 aromatic rings. The fourth-order valence-electron chi connectivity index (χ4n) is 0.894. The zero-order valence-corrected chi connectivity index (χ0v) is 13.2. The van der Waals surface area contributed by atoms with Gasteiger partial charge < -0.3 is 0 Å². The molecule has 1 rings (SSSR count). The lowest BCUT2D eigenvalue weighted by Crippen LogP contribution is -2.08. The van der Waals surface area contributed by atoms with Crippen LogP contribution in [0.5, 0.6) is 0 Å². The molecule has 0 radical (unpaired) electrons. The monoisotopic (exact) mass is 242 g/mol. The van der Waals surface area contributed by atoms with E-state index in [0.29, 0.717) is 0 Å². The van der Waals surface area contributed by atoms with Crippen LogP contribution in [0.15, 0.2) is 35.5 Å². The van der Waals surface area contributed by atoms with Crippen LogP contribution in [-0.2, 0) is 0 Å². The SMILES string of the molecule is CC.CC.CC.CC1=C(C)C=CC(C)(F)C=C1. The van der Waals surface area contributed by atoms with Crippen molar-refractivity contribution in [3.8, 4) is 0 Å². The molecule has 1 aliphatic carbocycles. The van der Waals surface area contributed by atoms with Crippen molar-refractivity contribution in [1.29, 1.82) is 0 Å². The summed E-state index contributed by atoms with van der Waals surface area (Å²) in [7, 11) is 0. The standard InChI is InChI=1S/C10H13F.3C2H6/c1-8-4-6-10(3,11)7-5-9(8)2;3*1-2/h4-7H,1-3H3;3*1-2H3. The van der Waals surface area contributed by atoms with Crippen LogP contribution in [-0.4, -0.2) is 5.67 Å². The summed E-state index contributed by atoms with van der Waals surface area (Å²) in [4.78, 5) is 0. The van der Waals surface area contributed by atoms with Crippen LogP contribution in [0.2, 0.25) is 0 Å². The zero-order chi connectivity index (χ0) is 14.5. The summed E-state index contributed by atoms with van der Waals surface area (Å²) in [5.74, 6) is 0. The molecule has 0 aromatic carbocycles. The average Bonchev–Trinajstić information content (AvgIpc) is 2.50. The van der Waals surface area contributed by atoms with Crippen LogP contribution < -0.4 is 0 Å². The number of halogens is 1. The normalized spacial score (nSPS) is 15.4. The third kappa shape index (κ3) is 11.4. The molecule has 1 heteroatoms. The minimum atomic E-state index is -1.28. The van der Waals surface area contributed by atoms with Crippen molar-refractivity contribution in [2.75, 3.05) is 0 Å². The summed E-state index contributed by atoms with van der Waals surface area (Å²) in [6, 6.07) is 0. The molecule has 17 heavy (non-hydrogen) atoms. The van der Waals surface area contributed by atoms with Crippen molar-refractivity contribution >= 4 is 0 Å². The lowest BCUT2D eigenvalue weighted by atomic mass is 10.1. The molecule has 0 aromatic heterocycles. The van der Waals surface area contributed by atoms with Crippen molar-refractivity contribution in [2.24, 2.45) is 0 Å². The molecule has 0 unspecified atom stereocenters. The molecule has 1 aliphatic rings. The molecule has 0 heterocycles. The molecular formula is C16H31F. The van der Waals surface area contributed by atoms with Crippen molar-refractivity contribution < 1.29 is 4.39 Å². The van der Waals surface area contributed by atoms with E-state index in [4.69, 9.17) is 0 Å². The van der Waals surface area contributed by atoms with Gasteiger partial charge in [0, 0.05) is 0 Å². The Morgan fingerprint density at radius 3 is 1.24 bits per heavy atom. The average molecular weight is 242 g/mol. The van der Waals surface area contributed by atoms with E-state index in [-0.39, 0.29) is 0 Å². The van der Waals surface area contributed by atoms with E-state index < -0.39 is 5.67 Å². The first-order valence-corrected chi connectivity index (χ1v) is 6.76. The van der Waals surface area contributed by atoms with Gasteiger partial charge in [-0.3, -0.25) is 0 Å². The van der Waals surface area contributed by atoms with Gasteiger partial charge in [-0.25, -0.2) is 4.39 Å². The van der Waals surface area contributed by atoms with Gasteiger partial charge >= 0.3 is 0 Å². The maximum absolute atomic E-state index is 13.3. The summed E-state index contributed by atoms with van der Waals surface area (Å²) >= 11 is 0. The van der Waals surface area contributed by atoms with Gasteiger partial charge in [-0.15, -0.1) is 0 Å². The Morgan fingerprint density at radius 1 is 0.765 bits per heavy atom. The molecular weight excluding hydrogens is 211 g/mol. The minimum absolute atomic E-state index is 1.13. The highest BCUT2D eigenvalue weighted by Crippen LogP contribution is 2.21. The number of hydrogen-bond donors (Lipinski definition) is 0. The van der Waals surface area contributed by atoms with Crippen molar-refractivity contribution in [1.82, 2.24) is 0 Å². The van der Waals surface area contributed by atoms with E-state index in [1.165, 1.54) is 0 Å². The van der Waals surface area contributed by atoms with Gasteiger partial charge in [-0.05, 0) is 44.1 Å². The molecule has 0 saturated heterocycles. The Hall–Kier alpha value is -0.850. The Labute approximate surface area is 108 Å². The Morgan fingerprint density at radius 2 is 1.00 bits per heavy atom. The molecule has 0 bridgehead atoms. The first kappa shape index (κ1) is 21.4. The summed E-state index contributed by atoms with van der Waals surface area (Å²) < 4.78 is 13.3. The van der Waals surface area contributed by atoms with Gasteiger partial charge in [-0.2, -0.15) is 0 Å². The van der Waals surface area contributed by atoms with E-state index in [0.717, 1.165) is 11.1 Å². The van der Waals surface area contributed by atoms with Crippen LogP contribution >= 0.6 is 0 Å². The number of allylic oxidation sites excluding steroid dienone is 6. The fraction of sp³-hybridized carbons (Fsp3) is 0.625. The van der Waals surface area contributed by atoms with Crippen molar-refractivity contribution in [3.63, 3.8) is 0 Å². The third-order valence-corrected chi connectivity index (χ3v) is 1.94. The fourth-order valence-corrected chi connectivity index (χ4v) is 0.894. The molecule has 102 valence electrons. The van der Waals surface area contributed by atoms with Crippen molar-refractivity contribution in [3.05, 3.63) is 35.5 Å². The van der Waals surface area contributed by atoms with E-state index in [1.807, 2.05) is 67.5 Å². The molecule has 0 fully saturated rings. The Bertz CT molecular complexity index is 218. The van der Waals surface area contributed by atoms with Gasteiger partial charge in [0.2, 0.25) is 0 Å². The van der Waals surface area contributed by atoms with Crippen LogP contribution in [0.1, 0.15) is 62.3 Å². The van der Waals surface area contributed by atoms with Crippen LogP contribution in [0, 0.1) is 0 Å². The van der Waals surface area contributed by atoms with Gasteiger partial charge in [0.15, 0.2) is 0 Å². The van der Waals surface area contributed by atoms with Crippen LogP contribution in [0.3, 0.4) is 0 Å². The topological polar surface area (TPSA) is 0 Å². The first-order chi connectivity index (χ1) is 8.01. The Kier molecular flexibility index (Phi) is 16.7. The second-order valence-electron chi connectivity index (χ2n) is 3.18. The molecule has 0 spiro atoms. The van der Waals surface area contributed by atoms with Gasteiger partial charge in [0.25, 0.3) is 0 Å². The predicted molar refractivity (Wildman–Crippen MR) is 80.2 cm³/mol. The minimum Gasteiger partial charge on any atom is -0.235 e. The quantitative estimate of drug-likeness (QED) is 0.470. The largest absolute Gasteiger partial charge is 0.235 e. The van der Waals surface area contributed by atoms with E-state index >= 15 is 0 Å². The Balaban J connectivity index is -0.000000285. The molecule has 0 amide bonds. The summed E-state index contributed by atoms with van der Waals surface area (Å²) in [6.07, 6.45) is 6.81. The maximum atomic E-state index is 13.3. The highest BCUT2D eigenvalue weighted by atomic mass is 19.1. The number of rotatable bonds is 0. The van der Waals surface area contributed by atoms with Gasteiger partial charge in [0.1, 0.15) is 5.67 Å². The van der Waals surface area contributed by atoms with E-state index in [1.54, 1.807) is 19.1 Å². The molecule has 0 aliphatic heterocycles. The summed E-state index contributed by atoms with van der Waals surface area (Å²) in [5, 5.41) is 0. The molecule has 0 N–H and O–H groups in total. The lowest BCUT2D eigenvalue weighted by Gasteiger charge is -2.06. The van der Waals surface area contributed by atoms with Crippen LogP contribution in [0.25, 0.3) is 0 Å². The third-order valence-electron chi connectivity index (χ3n) is 1.94. The zero-order valence-electron chi connectivity index (χ0n) is 13.2. The highest BCUT2D eigenvalue weighted by Gasteiger charge is 2.15. The molecule has 0 atom stereocenters. The second-order valence-corrected chi connectivity index (χ2v) is 3.18. The smallest absolute Gasteiger partial charge is 0.145 e. The predicted octanol–water partition coefficient (Wildman–Crippen LogP) is 6.26. The number of hydrogen-bond acceptors (Lipinski definition) is 0. The van der Waals surface area contributed by atoms with Gasteiger partial charge in [0.05, 0.1) is 0 Å². The summed E-state index contributed by atoms with van der Waals surface area (Å²) in [6.45, 7) is 17.5. The molecule has 0 saturated carbocycles. The highest BCUT2D eigenvalue weighted by molar-refractivity contribution is 5.36. The molecule has 0 nitrogen and oxygen atoms in total. The van der Waals surface area contributed by atoms with Crippen molar-refractivity contribution in [2.45, 2.75) is 68.0 Å². The van der Waals surface area contributed by atoms with Gasteiger partial charge in [-0.1, -0.05) is 53.7 Å². The lowest BCUT2D eigenvalue weighted by molar-refractivity contribution is 0.328. The first-order valence-electron chi connectivity index (χ1n) is 6.76. The second kappa shape index (κ2) is 13.2. The maximum Gasteiger partial charge on any atom is 0.145 e. The van der Waals surface area contributed by atoms with Crippen LogP contribution in [0.4, 0.5) is 4.39 Å². The van der Waals surface area contributed by atoms with E-state index in [2.05, 4.69) is 0 Å².